The molecule has 184 valence electrons. The lowest BCUT2D eigenvalue weighted by Gasteiger charge is -2.40. The van der Waals surface area contributed by atoms with Gasteiger partial charge in [-0.3, -0.25) is 0 Å². The van der Waals surface area contributed by atoms with Gasteiger partial charge in [0.25, 0.3) is 0 Å². The normalized spacial score (nSPS) is 26.0. The zero-order valence-electron chi connectivity index (χ0n) is 18.2. The van der Waals surface area contributed by atoms with Crippen LogP contribution in [-0.4, -0.2) is 73.8 Å². The minimum Gasteiger partial charge on any atom is -0.479 e. The Hall–Kier alpha value is -2.73. The van der Waals surface area contributed by atoms with Crippen molar-refractivity contribution < 1.29 is 49.3 Å². The van der Waals surface area contributed by atoms with Crippen molar-refractivity contribution >= 4 is 23.5 Å². The minimum absolute atomic E-state index is 0.282. The van der Waals surface area contributed by atoms with Crippen LogP contribution in [-0.2, 0) is 19.1 Å². The summed E-state index contributed by atoms with van der Waals surface area (Å²) in [6.45, 7) is 2.81. The van der Waals surface area contributed by atoms with E-state index in [2.05, 4.69) is 0 Å². The fraction of sp³-hybridized carbons (Fsp3) is 0.391. The van der Waals surface area contributed by atoms with Gasteiger partial charge in [0.2, 0.25) is 0 Å². The van der Waals surface area contributed by atoms with Crippen LogP contribution in [0.4, 0.5) is 0 Å². The third-order valence-electron chi connectivity index (χ3n) is 5.33. The lowest BCUT2D eigenvalue weighted by molar-refractivity contribution is -0.302. The highest BCUT2D eigenvalue weighted by atomic mass is 35.5. The second-order valence-corrected chi connectivity index (χ2v) is 8.73. The number of carbonyl (C=O) groups is 2. The monoisotopic (exact) mass is 496 g/mol. The molecule has 0 bridgehead atoms. The molecule has 6 atom stereocenters. The molecule has 34 heavy (non-hydrogen) atoms. The number of aliphatic hydroxyl groups excluding tert-OH is 3. The maximum Gasteiger partial charge on any atom is 0.347 e. The fourth-order valence-corrected chi connectivity index (χ4v) is 3.46. The van der Waals surface area contributed by atoms with Crippen molar-refractivity contribution in [2.24, 2.45) is 0 Å². The van der Waals surface area contributed by atoms with E-state index in [1.807, 2.05) is 0 Å². The summed E-state index contributed by atoms with van der Waals surface area (Å²) in [6.07, 6.45) is -9.74. The first kappa shape index (κ1) is 25.9. The van der Waals surface area contributed by atoms with Crippen LogP contribution in [0.3, 0.4) is 0 Å². The number of carboxylic acids is 2. The van der Waals surface area contributed by atoms with E-state index < -0.39 is 54.3 Å². The Kier molecular flexibility index (Phi) is 7.81. The topological polar surface area (TPSA) is 163 Å². The van der Waals surface area contributed by atoms with Gasteiger partial charge in [-0.25, -0.2) is 9.59 Å². The van der Waals surface area contributed by atoms with E-state index in [-0.39, 0.29) is 5.75 Å². The first-order valence-corrected chi connectivity index (χ1v) is 10.6. The third-order valence-corrected chi connectivity index (χ3v) is 5.58. The summed E-state index contributed by atoms with van der Waals surface area (Å²) in [4.78, 5) is 22.7. The number of halogens is 1. The number of rotatable bonds is 8. The molecule has 0 unspecified atom stereocenters. The van der Waals surface area contributed by atoms with Crippen molar-refractivity contribution in [2.75, 3.05) is 0 Å². The number of aliphatic hydroxyl groups is 3. The molecular formula is C23H25ClO10. The van der Waals surface area contributed by atoms with Crippen LogP contribution < -0.4 is 4.74 Å². The van der Waals surface area contributed by atoms with Gasteiger partial charge >= 0.3 is 11.9 Å². The highest BCUT2D eigenvalue weighted by molar-refractivity contribution is 6.30. The van der Waals surface area contributed by atoms with Gasteiger partial charge in [0.15, 0.2) is 18.0 Å². The van der Waals surface area contributed by atoms with Gasteiger partial charge < -0.3 is 39.7 Å². The summed E-state index contributed by atoms with van der Waals surface area (Å²) >= 11 is 5.98. The zero-order chi connectivity index (χ0) is 25.2. The van der Waals surface area contributed by atoms with Crippen molar-refractivity contribution in [2.45, 2.75) is 56.3 Å². The second kappa shape index (κ2) is 10.3. The van der Waals surface area contributed by atoms with Crippen LogP contribution in [0.5, 0.6) is 5.75 Å². The predicted molar refractivity (Wildman–Crippen MR) is 117 cm³/mol. The first-order valence-electron chi connectivity index (χ1n) is 10.3. The Morgan fingerprint density at radius 3 is 1.94 bits per heavy atom. The van der Waals surface area contributed by atoms with Crippen LogP contribution in [0.1, 0.15) is 31.1 Å². The van der Waals surface area contributed by atoms with Gasteiger partial charge in [-0.2, -0.15) is 0 Å². The van der Waals surface area contributed by atoms with Gasteiger partial charge in [-0.05, 0) is 49.2 Å². The number of benzene rings is 2. The average Bonchev–Trinajstić information content (AvgIpc) is 2.78. The molecule has 0 spiro atoms. The smallest absolute Gasteiger partial charge is 0.347 e. The van der Waals surface area contributed by atoms with Crippen molar-refractivity contribution in [3.63, 3.8) is 0 Å². The molecule has 1 aliphatic rings. The Morgan fingerprint density at radius 1 is 0.912 bits per heavy atom. The summed E-state index contributed by atoms with van der Waals surface area (Å²) in [6, 6.07) is 12.8. The number of hydrogen-bond acceptors (Lipinski definition) is 8. The Balaban J connectivity index is 1.91. The minimum atomic E-state index is -1.85. The molecule has 0 radical (unpaired) electrons. The SMILES string of the molecule is CC(C)(Oc1ccc([C@H](O[C@H]2O[C@H](C(=O)O)[C@H](O)[C@H](O)[C@H]2O)c2ccc(Cl)cc2)cc1)C(=O)O. The highest BCUT2D eigenvalue weighted by Crippen LogP contribution is 2.33. The van der Waals surface area contributed by atoms with Crippen molar-refractivity contribution in [3.05, 3.63) is 64.7 Å². The fourth-order valence-electron chi connectivity index (χ4n) is 3.33. The Bertz CT molecular complexity index is 1010. The quantitative estimate of drug-likeness (QED) is 0.362. The number of ether oxygens (including phenoxy) is 3. The Morgan fingerprint density at radius 2 is 1.44 bits per heavy atom. The van der Waals surface area contributed by atoms with Gasteiger partial charge in [0, 0.05) is 5.02 Å². The first-order chi connectivity index (χ1) is 15.9. The molecule has 1 heterocycles. The number of carboxylic acid groups (broad SMARTS) is 2. The van der Waals surface area contributed by atoms with Crippen molar-refractivity contribution in [1.82, 2.24) is 0 Å². The average molecular weight is 497 g/mol. The molecule has 5 N–H and O–H groups in total. The lowest BCUT2D eigenvalue weighted by Crippen LogP contribution is -2.60. The summed E-state index contributed by atoms with van der Waals surface area (Å²) in [7, 11) is 0. The second-order valence-electron chi connectivity index (χ2n) is 8.29. The molecule has 1 aliphatic heterocycles. The van der Waals surface area contributed by atoms with E-state index in [0.717, 1.165) is 0 Å². The molecule has 3 rings (SSSR count). The molecule has 11 heteroatoms. The van der Waals surface area contributed by atoms with Gasteiger partial charge in [0.05, 0.1) is 0 Å². The predicted octanol–water partition coefficient (Wildman–Crippen LogP) is 1.58. The summed E-state index contributed by atoms with van der Waals surface area (Å²) in [5.41, 5.74) is -0.380. The molecule has 1 fully saturated rings. The molecule has 0 aromatic heterocycles. The Labute approximate surface area is 199 Å². The summed E-state index contributed by atoms with van der Waals surface area (Å²) in [5.74, 6) is -2.39. The van der Waals surface area contributed by atoms with Crippen LogP contribution in [0.25, 0.3) is 0 Å². The van der Waals surface area contributed by atoms with Gasteiger partial charge in [0.1, 0.15) is 30.2 Å². The zero-order valence-corrected chi connectivity index (χ0v) is 19.0. The number of hydrogen-bond donors (Lipinski definition) is 5. The van der Waals surface area contributed by atoms with Crippen LogP contribution in [0.15, 0.2) is 48.5 Å². The molecule has 0 aliphatic carbocycles. The third kappa shape index (κ3) is 5.66. The summed E-state index contributed by atoms with van der Waals surface area (Å²) < 4.78 is 16.7. The molecule has 2 aromatic carbocycles. The van der Waals surface area contributed by atoms with E-state index >= 15 is 0 Å². The molecule has 2 aromatic rings. The van der Waals surface area contributed by atoms with Crippen LogP contribution >= 0.6 is 11.6 Å². The molecule has 0 saturated carbocycles. The molecule has 0 amide bonds. The maximum absolute atomic E-state index is 11.4. The van der Waals surface area contributed by atoms with E-state index in [9.17, 15) is 35.1 Å². The molecule has 10 nitrogen and oxygen atoms in total. The lowest BCUT2D eigenvalue weighted by atomic mass is 9.97. The standard InChI is InChI=1S/C23H25ClO10/c1-23(2,22(30)31)34-14-9-5-12(6-10-14)18(11-3-7-13(24)8-4-11)32-21-17(27)15(25)16(26)19(33-21)20(28)29/h3-10,15-19,21,25-27H,1-2H3,(H,28,29)(H,30,31)/t15-,16+,17+,18+,19-,21-/m0/s1. The van der Waals surface area contributed by atoms with Gasteiger partial charge in [-0.15, -0.1) is 0 Å². The van der Waals surface area contributed by atoms with Gasteiger partial charge in [-0.1, -0.05) is 35.9 Å². The van der Waals surface area contributed by atoms with Crippen molar-refractivity contribution in [1.29, 1.82) is 0 Å². The van der Waals surface area contributed by atoms with Crippen LogP contribution in [0.2, 0.25) is 5.02 Å². The molecule has 1 saturated heterocycles. The van der Waals surface area contributed by atoms with E-state index in [4.69, 9.17) is 25.8 Å². The highest BCUT2D eigenvalue weighted by Gasteiger charge is 2.48. The van der Waals surface area contributed by atoms with E-state index in [1.54, 1.807) is 36.4 Å². The van der Waals surface area contributed by atoms with E-state index in [1.165, 1.54) is 26.0 Å². The van der Waals surface area contributed by atoms with E-state index in [0.29, 0.717) is 16.1 Å². The van der Waals surface area contributed by atoms with Crippen LogP contribution in [0, 0.1) is 0 Å². The maximum atomic E-state index is 11.4. The summed E-state index contributed by atoms with van der Waals surface area (Å²) in [5, 5.41) is 49.4. The number of aliphatic carboxylic acids is 2. The largest absolute Gasteiger partial charge is 0.479 e. The van der Waals surface area contributed by atoms with Crippen molar-refractivity contribution in [3.8, 4) is 5.75 Å². The molecular weight excluding hydrogens is 472 g/mol.